The molecule has 24 heavy (non-hydrogen) atoms. The summed E-state index contributed by atoms with van der Waals surface area (Å²) < 4.78 is 6.86. The van der Waals surface area contributed by atoms with Gasteiger partial charge >= 0.3 is 0 Å². The van der Waals surface area contributed by atoms with Gasteiger partial charge in [-0.15, -0.1) is 0 Å². The number of nitrogens with zero attached hydrogens (tertiary/aromatic N) is 1. The number of morpholine rings is 1. The van der Waals surface area contributed by atoms with Crippen LogP contribution in [0.2, 0.25) is 0 Å². The summed E-state index contributed by atoms with van der Waals surface area (Å²) >= 11 is 0. The van der Waals surface area contributed by atoms with E-state index < -0.39 is 0 Å². The van der Waals surface area contributed by atoms with E-state index in [0.717, 1.165) is 43.9 Å². The van der Waals surface area contributed by atoms with Crippen molar-refractivity contribution in [3.05, 3.63) is 46.4 Å². The lowest BCUT2D eigenvalue weighted by atomic mass is 10.1. The van der Waals surface area contributed by atoms with E-state index in [9.17, 15) is 9.59 Å². The van der Waals surface area contributed by atoms with Gasteiger partial charge in [-0.1, -0.05) is 18.2 Å². The van der Waals surface area contributed by atoms with Gasteiger partial charge in [0, 0.05) is 11.1 Å². The number of carbonyl (C=O) groups is 1. The second-order valence-electron chi connectivity index (χ2n) is 6.23. The number of hydrogen-bond donors (Lipinski definition) is 2. The molecule has 3 rings (SSSR count). The van der Waals surface area contributed by atoms with Gasteiger partial charge in [0.2, 0.25) is 5.91 Å². The summed E-state index contributed by atoms with van der Waals surface area (Å²) in [4.78, 5) is 26.2. The first kappa shape index (κ1) is 16.7. The highest BCUT2D eigenvalue weighted by Crippen LogP contribution is 2.11. The van der Waals surface area contributed by atoms with Crippen LogP contribution in [0.3, 0.4) is 0 Å². The molecule has 1 aromatic carbocycles. The van der Waals surface area contributed by atoms with Crippen LogP contribution in [0, 0.1) is 6.92 Å². The van der Waals surface area contributed by atoms with E-state index in [4.69, 9.17) is 4.74 Å². The van der Waals surface area contributed by atoms with Gasteiger partial charge in [-0.3, -0.25) is 9.59 Å². The number of benzene rings is 1. The molecule has 1 amide bonds. The van der Waals surface area contributed by atoms with Crippen molar-refractivity contribution < 1.29 is 14.4 Å². The molecule has 2 N–H and O–H groups in total. The molecule has 0 unspecified atom stereocenters. The van der Waals surface area contributed by atoms with E-state index in [-0.39, 0.29) is 18.0 Å². The van der Waals surface area contributed by atoms with Gasteiger partial charge in [0.15, 0.2) is 0 Å². The van der Waals surface area contributed by atoms with Gasteiger partial charge < -0.3 is 19.5 Å². The molecule has 0 aliphatic carbocycles. The molecule has 0 spiro atoms. The first-order chi connectivity index (χ1) is 11.6. The Balaban J connectivity index is 1.61. The quantitative estimate of drug-likeness (QED) is 0.765. The van der Waals surface area contributed by atoms with Crippen molar-refractivity contribution in [3.8, 4) is 0 Å². The van der Waals surface area contributed by atoms with Gasteiger partial charge in [0.1, 0.15) is 19.6 Å². The number of amides is 1. The third-order valence-electron chi connectivity index (χ3n) is 4.53. The molecule has 1 aliphatic rings. The van der Waals surface area contributed by atoms with E-state index in [1.54, 1.807) is 10.6 Å². The Morgan fingerprint density at radius 2 is 2.04 bits per heavy atom. The number of nitrogens with one attached hydrogen (secondary N) is 2. The summed E-state index contributed by atoms with van der Waals surface area (Å²) in [5.41, 5.74) is 0.687. The van der Waals surface area contributed by atoms with E-state index in [1.165, 1.54) is 4.90 Å². The summed E-state index contributed by atoms with van der Waals surface area (Å²) in [5, 5.41) is 4.48. The second-order valence-corrected chi connectivity index (χ2v) is 6.23. The molecule has 6 heteroatoms. The molecule has 0 bridgehead atoms. The van der Waals surface area contributed by atoms with Gasteiger partial charge in [0.25, 0.3) is 5.56 Å². The highest BCUT2D eigenvalue weighted by Gasteiger charge is 2.14. The fraction of sp³-hybridized carbons (Fsp3) is 0.444. The Morgan fingerprint density at radius 1 is 1.29 bits per heavy atom. The third-order valence-corrected chi connectivity index (χ3v) is 4.53. The predicted molar refractivity (Wildman–Crippen MR) is 92.3 cm³/mol. The van der Waals surface area contributed by atoms with E-state index in [2.05, 4.69) is 5.32 Å². The molecule has 2 heterocycles. The van der Waals surface area contributed by atoms with Crippen LogP contribution in [0.25, 0.3) is 10.8 Å². The molecule has 0 radical (unpaired) electrons. The first-order valence-corrected chi connectivity index (χ1v) is 8.42. The average Bonchev–Trinajstić information content (AvgIpc) is 2.59. The minimum atomic E-state index is -0.122. The fourth-order valence-electron chi connectivity index (χ4n) is 3.11. The molecule has 0 saturated carbocycles. The van der Waals surface area contributed by atoms with Crippen LogP contribution in [0.4, 0.5) is 0 Å². The Labute approximate surface area is 141 Å². The van der Waals surface area contributed by atoms with Gasteiger partial charge in [-0.25, -0.2) is 0 Å². The monoisotopic (exact) mass is 330 g/mol. The predicted octanol–water partition coefficient (Wildman–Crippen LogP) is -0.659. The summed E-state index contributed by atoms with van der Waals surface area (Å²) in [6, 6.07) is 9.41. The van der Waals surface area contributed by atoms with Crippen molar-refractivity contribution >= 4 is 16.7 Å². The van der Waals surface area contributed by atoms with Crippen LogP contribution in [-0.4, -0.2) is 49.9 Å². The van der Waals surface area contributed by atoms with Crippen molar-refractivity contribution in [1.82, 2.24) is 9.88 Å². The topological polar surface area (TPSA) is 64.8 Å². The maximum absolute atomic E-state index is 12.6. The zero-order valence-electron chi connectivity index (χ0n) is 14.0. The summed E-state index contributed by atoms with van der Waals surface area (Å²) in [7, 11) is 0. The standard InChI is InChI=1S/C18H23N3O3/c1-14-12-15-4-2-3-5-16(15)18(23)21(14)13-17(22)19-6-7-20-8-10-24-11-9-20/h2-5,12H,6-11,13H2,1H3,(H,19,22)/p+1. The van der Waals surface area contributed by atoms with Gasteiger partial charge in [-0.05, 0) is 24.4 Å². The molecule has 1 fully saturated rings. The van der Waals surface area contributed by atoms with Gasteiger partial charge in [-0.2, -0.15) is 0 Å². The van der Waals surface area contributed by atoms with Crippen LogP contribution in [0.15, 0.2) is 35.1 Å². The number of quaternary nitrogens is 1. The number of aryl methyl sites for hydroxylation is 1. The zero-order chi connectivity index (χ0) is 16.9. The van der Waals surface area contributed by atoms with Crippen molar-refractivity contribution in [2.45, 2.75) is 13.5 Å². The molecule has 1 saturated heterocycles. The maximum Gasteiger partial charge on any atom is 0.259 e. The number of aromatic nitrogens is 1. The minimum absolute atomic E-state index is 0.0634. The lowest BCUT2D eigenvalue weighted by Gasteiger charge is -2.23. The van der Waals surface area contributed by atoms with Crippen molar-refractivity contribution in [1.29, 1.82) is 0 Å². The number of rotatable bonds is 5. The van der Waals surface area contributed by atoms with Crippen LogP contribution >= 0.6 is 0 Å². The van der Waals surface area contributed by atoms with Crippen LogP contribution in [0.5, 0.6) is 0 Å². The molecule has 1 aliphatic heterocycles. The summed E-state index contributed by atoms with van der Waals surface area (Å²) in [5.74, 6) is -0.122. The second kappa shape index (κ2) is 7.59. The molecule has 2 aromatic rings. The highest BCUT2D eigenvalue weighted by molar-refractivity contribution is 5.82. The Bertz CT molecular complexity index is 779. The summed E-state index contributed by atoms with van der Waals surface area (Å²) in [6.07, 6.45) is 0. The first-order valence-electron chi connectivity index (χ1n) is 8.42. The van der Waals surface area contributed by atoms with Crippen LogP contribution < -0.4 is 15.8 Å². The van der Waals surface area contributed by atoms with E-state index in [0.29, 0.717) is 11.9 Å². The van der Waals surface area contributed by atoms with Crippen LogP contribution in [0.1, 0.15) is 5.69 Å². The highest BCUT2D eigenvalue weighted by atomic mass is 16.5. The average molecular weight is 330 g/mol. The number of fused-ring (bicyclic) bond motifs is 1. The molecular weight excluding hydrogens is 306 g/mol. The van der Waals surface area contributed by atoms with Gasteiger partial charge in [0.05, 0.1) is 26.3 Å². The molecule has 128 valence electrons. The lowest BCUT2D eigenvalue weighted by molar-refractivity contribution is -0.906. The number of hydrogen-bond acceptors (Lipinski definition) is 3. The van der Waals surface area contributed by atoms with Crippen molar-refractivity contribution in [2.24, 2.45) is 0 Å². The van der Waals surface area contributed by atoms with E-state index in [1.807, 2.05) is 31.2 Å². The largest absolute Gasteiger partial charge is 0.370 e. The Hall–Kier alpha value is -2.18. The Kier molecular flexibility index (Phi) is 5.27. The normalized spacial score (nSPS) is 15.5. The van der Waals surface area contributed by atoms with Crippen LogP contribution in [-0.2, 0) is 16.1 Å². The molecule has 1 aromatic heterocycles. The number of ether oxygens (including phenoxy) is 1. The minimum Gasteiger partial charge on any atom is -0.370 e. The van der Waals surface area contributed by atoms with Crippen molar-refractivity contribution in [2.75, 3.05) is 39.4 Å². The molecule has 0 atom stereocenters. The third kappa shape index (κ3) is 3.83. The van der Waals surface area contributed by atoms with Crippen molar-refractivity contribution in [3.63, 3.8) is 0 Å². The summed E-state index contributed by atoms with van der Waals surface area (Å²) in [6.45, 7) is 6.98. The lowest BCUT2D eigenvalue weighted by Crippen LogP contribution is -3.14. The maximum atomic E-state index is 12.6. The molecular formula is C18H24N3O3+. The fourth-order valence-corrected chi connectivity index (χ4v) is 3.11. The smallest absolute Gasteiger partial charge is 0.259 e. The SMILES string of the molecule is Cc1cc2ccccc2c(=O)n1CC(=O)NCC[NH+]1CCOCC1. The molecule has 6 nitrogen and oxygen atoms in total. The number of carbonyl (C=O) groups excluding carboxylic acids is 1. The van der Waals surface area contributed by atoms with E-state index >= 15 is 0 Å². The number of pyridine rings is 1. The zero-order valence-corrected chi connectivity index (χ0v) is 14.0. The Morgan fingerprint density at radius 3 is 2.83 bits per heavy atom.